The van der Waals surface area contributed by atoms with Crippen LogP contribution in [0.25, 0.3) is 0 Å². The lowest BCUT2D eigenvalue weighted by atomic mass is 10.1. The van der Waals surface area contributed by atoms with E-state index in [9.17, 15) is 4.57 Å². The van der Waals surface area contributed by atoms with Crippen LogP contribution in [0.3, 0.4) is 0 Å². The molecule has 0 aromatic heterocycles. The minimum Gasteiger partial charge on any atom is -0.309 e. The highest BCUT2D eigenvalue weighted by atomic mass is 31.2. The number of aryl methyl sites for hydroxylation is 1. The Kier molecular flexibility index (Phi) is 7.07. The molecule has 0 saturated carbocycles. The van der Waals surface area contributed by atoms with Crippen molar-refractivity contribution in [2.45, 2.75) is 32.9 Å². The molecule has 0 heterocycles. The fourth-order valence-electron chi connectivity index (χ4n) is 1.83. The number of rotatable bonds is 9. The zero-order chi connectivity index (χ0) is 14.1. The summed E-state index contributed by atoms with van der Waals surface area (Å²) in [5, 5.41) is 0. The summed E-state index contributed by atoms with van der Waals surface area (Å²) in [5.74, 6) is 0. The molecule has 19 heavy (non-hydrogen) atoms. The minimum atomic E-state index is -2.99. The van der Waals surface area contributed by atoms with E-state index in [1.54, 1.807) is 0 Å². The van der Waals surface area contributed by atoms with Gasteiger partial charge in [-0.05, 0) is 37.8 Å². The average molecular weight is 282 g/mol. The number of hydrogen-bond acceptors (Lipinski definition) is 3. The van der Waals surface area contributed by atoms with Crippen molar-refractivity contribution in [2.24, 2.45) is 0 Å². The van der Waals surface area contributed by atoms with Gasteiger partial charge in [-0.25, -0.2) is 0 Å². The van der Waals surface area contributed by atoms with Crippen molar-refractivity contribution in [3.8, 4) is 0 Å². The summed E-state index contributed by atoms with van der Waals surface area (Å²) in [6, 6.07) is 8.09. The van der Waals surface area contributed by atoms with E-state index in [4.69, 9.17) is 9.05 Å². The van der Waals surface area contributed by atoms with Crippen LogP contribution in [0, 0.1) is 0 Å². The summed E-state index contributed by atoms with van der Waals surface area (Å²) < 4.78 is 23.0. The highest BCUT2D eigenvalue weighted by Crippen LogP contribution is 2.51. The van der Waals surface area contributed by atoms with Gasteiger partial charge in [0.05, 0.1) is 19.4 Å². The first-order chi connectivity index (χ1) is 9.13. The highest BCUT2D eigenvalue weighted by molar-refractivity contribution is 7.53. The fraction of sp³-hybridized carbons (Fsp3) is 0.467. The molecule has 0 fully saturated rings. The van der Waals surface area contributed by atoms with E-state index in [0.29, 0.717) is 19.4 Å². The summed E-state index contributed by atoms with van der Waals surface area (Å²) in [6.45, 7) is 8.15. The average Bonchev–Trinajstić information content (AvgIpc) is 2.38. The largest absolute Gasteiger partial charge is 0.335 e. The van der Waals surface area contributed by atoms with Crippen molar-refractivity contribution in [2.75, 3.05) is 13.2 Å². The van der Waals surface area contributed by atoms with Gasteiger partial charge in [-0.1, -0.05) is 30.3 Å². The molecule has 4 heteroatoms. The van der Waals surface area contributed by atoms with Crippen LogP contribution in [-0.2, 0) is 26.2 Å². The number of hydrogen-bond donors (Lipinski definition) is 0. The maximum atomic E-state index is 12.4. The van der Waals surface area contributed by atoms with Gasteiger partial charge in [0.1, 0.15) is 0 Å². The topological polar surface area (TPSA) is 35.5 Å². The Morgan fingerprint density at radius 3 is 2.11 bits per heavy atom. The van der Waals surface area contributed by atoms with Crippen LogP contribution in [0.15, 0.2) is 36.9 Å². The van der Waals surface area contributed by atoms with Crippen LogP contribution in [0.5, 0.6) is 0 Å². The third kappa shape index (κ3) is 5.73. The van der Waals surface area contributed by atoms with E-state index in [-0.39, 0.29) is 0 Å². The first kappa shape index (κ1) is 16.2. The summed E-state index contributed by atoms with van der Waals surface area (Å²) in [7, 11) is -2.99. The monoisotopic (exact) mass is 282 g/mol. The summed E-state index contributed by atoms with van der Waals surface area (Å²) >= 11 is 0. The van der Waals surface area contributed by atoms with Crippen LogP contribution in [0.4, 0.5) is 0 Å². The molecule has 0 saturated heterocycles. The van der Waals surface area contributed by atoms with Gasteiger partial charge < -0.3 is 9.05 Å². The van der Waals surface area contributed by atoms with Gasteiger partial charge in [-0.15, -0.1) is 6.58 Å². The molecule has 0 N–H and O–H groups in total. The molecule has 0 unspecified atom stereocenters. The van der Waals surface area contributed by atoms with Gasteiger partial charge >= 0.3 is 7.60 Å². The molecule has 106 valence electrons. The second kappa shape index (κ2) is 8.31. The Hall–Kier alpha value is -0.890. The van der Waals surface area contributed by atoms with E-state index in [2.05, 4.69) is 18.7 Å². The quantitative estimate of drug-likeness (QED) is 0.491. The van der Waals surface area contributed by atoms with Crippen LogP contribution in [0.2, 0.25) is 0 Å². The Morgan fingerprint density at radius 1 is 1.11 bits per heavy atom. The Bertz CT molecular complexity index is 416. The summed E-state index contributed by atoms with van der Waals surface area (Å²) in [5.41, 5.74) is 2.24. The predicted octanol–water partition coefficient (Wildman–Crippen LogP) is 4.57. The molecule has 1 aromatic carbocycles. The SMILES string of the molecule is C=CCCc1ccc(CP(=O)(OCC)OCC)cc1. The third-order valence-corrected chi connectivity index (χ3v) is 4.74. The van der Waals surface area contributed by atoms with Crippen LogP contribution < -0.4 is 0 Å². The molecule has 0 atom stereocenters. The second-order valence-electron chi connectivity index (χ2n) is 4.25. The molecule has 0 aliphatic carbocycles. The third-order valence-electron chi connectivity index (χ3n) is 2.69. The van der Waals surface area contributed by atoms with Crippen molar-refractivity contribution in [3.05, 3.63) is 48.0 Å². The van der Waals surface area contributed by atoms with Crippen molar-refractivity contribution in [1.29, 1.82) is 0 Å². The molecular formula is C15H23O3P. The fourth-order valence-corrected chi connectivity index (χ4v) is 3.53. The van der Waals surface area contributed by atoms with Gasteiger partial charge in [0.15, 0.2) is 0 Å². The molecule has 1 rings (SSSR count). The molecule has 0 amide bonds. The molecule has 3 nitrogen and oxygen atoms in total. The summed E-state index contributed by atoms with van der Waals surface area (Å²) in [6.07, 6.45) is 4.19. The smallest absolute Gasteiger partial charge is 0.309 e. The first-order valence-corrected chi connectivity index (χ1v) is 8.43. The van der Waals surface area contributed by atoms with Gasteiger partial charge in [0, 0.05) is 0 Å². The second-order valence-corrected chi connectivity index (χ2v) is 6.30. The highest BCUT2D eigenvalue weighted by Gasteiger charge is 2.23. The van der Waals surface area contributed by atoms with Crippen molar-refractivity contribution in [1.82, 2.24) is 0 Å². The van der Waals surface area contributed by atoms with Crippen LogP contribution in [0.1, 0.15) is 31.4 Å². The Labute approximate surface area is 116 Å². The van der Waals surface area contributed by atoms with Gasteiger partial charge in [0.25, 0.3) is 0 Å². The number of allylic oxidation sites excluding steroid dienone is 1. The predicted molar refractivity (Wildman–Crippen MR) is 79.5 cm³/mol. The zero-order valence-electron chi connectivity index (χ0n) is 11.8. The van der Waals surface area contributed by atoms with Crippen molar-refractivity contribution in [3.63, 3.8) is 0 Å². The summed E-state index contributed by atoms with van der Waals surface area (Å²) in [4.78, 5) is 0. The maximum absolute atomic E-state index is 12.4. The van der Waals surface area contributed by atoms with E-state index < -0.39 is 7.60 Å². The minimum absolute atomic E-state index is 0.330. The molecule has 0 radical (unpaired) electrons. The van der Waals surface area contributed by atoms with E-state index in [1.165, 1.54) is 5.56 Å². The first-order valence-electron chi connectivity index (χ1n) is 6.70. The molecule has 0 bridgehead atoms. The van der Waals surface area contributed by atoms with E-state index >= 15 is 0 Å². The molecule has 0 spiro atoms. The molecule has 0 aliphatic rings. The lowest BCUT2D eigenvalue weighted by molar-refractivity contribution is 0.219. The Balaban J connectivity index is 2.69. The number of benzene rings is 1. The maximum Gasteiger partial charge on any atom is 0.335 e. The van der Waals surface area contributed by atoms with Crippen molar-refractivity contribution >= 4 is 7.60 Å². The van der Waals surface area contributed by atoms with Gasteiger partial charge in [-0.3, -0.25) is 4.57 Å². The molecule has 0 aliphatic heterocycles. The standard InChI is InChI=1S/C15H23O3P/c1-4-7-8-14-9-11-15(12-10-14)13-19(16,17-5-2)18-6-3/h4,9-12H,1,5-8,13H2,2-3H3. The van der Waals surface area contributed by atoms with E-state index in [1.807, 2.05) is 32.1 Å². The zero-order valence-corrected chi connectivity index (χ0v) is 12.7. The van der Waals surface area contributed by atoms with Crippen LogP contribution in [-0.4, -0.2) is 13.2 Å². The lowest BCUT2D eigenvalue weighted by Crippen LogP contribution is -1.99. The van der Waals surface area contributed by atoms with Gasteiger partial charge in [-0.2, -0.15) is 0 Å². The van der Waals surface area contributed by atoms with E-state index in [0.717, 1.165) is 18.4 Å². The lowest BCUT2D eigenvalue weighted by Gasteiger charge is -2.17. The van der Waals surface area contributed by atoms with Gasteiger partial charge in [0.2, 0.25) is 0 Å². The van der Waals surface area contributed by atoms with Crippen LogP contribution >= 0.6 is 7.60 Å². The normalized spacial score (nSPS) is 11.5. The molecule has 1 aromatic rings. The Morgan fingerprint density at radius 2 is 1.63 bits per heavy atom. The van der Waals surface area contributed by atoms with Crippen molar-refractivity contribution < 1.29 is 13.6 Å². The molecular weight excluding hydrogens is 259 g/mol.